The normalized spacial score (nSPS) is 15.8. The van der Waals surface area contributed by atoms with E-state index in [1.54, 1.807) is 0 Å². The van der Waals surface area contributed by atoms with Crippen molar-refractivity contribution in [3.05, 3.63) is 42.1 Å². The van der Waals surface area contributed by atoms with Crippen LogP contribution in [0.3, 0.4) is 0 Å². The zero-order valence-corrected chi connectivity index (χ0v) is 16.1. The average Bonchev–Trinajstić information content (AvgIpc) is 2.73. The molecular formula is C21H28N4O2. The molecule has 0 atom stereocenters. The van der Waals surface area contributed by atoms with Gasteiger partial charge in [0.25, 0.3) is 0 Å². The molecule has 6 nitrogen and oxygen atoms in total. The Balaban J connectivity index is 1.63. The summed E-state index contributed by atoms with van der Waals surface area (Å²) in [5.74, 6) is 0.838. The van der Waals surface area contributed by atoms with E-state index in [1.807, 2.05) is 12.3 Å². The fourth-order valence-corrected chi connectivity index (χ4v) is 3.57. The molecule has 1 fully saturated rings. The molecule has 27 heavy (non-hydrogen) atoms. The van der Waals surface area contributed by atoms with E-state index in [9.17, 15) is 4.79 Å². The first-order valence-corrected chi connectivity index (χ1v) is 9.66. The van der Waals surface area contributed by atoms with Crippen LogP contribution in [0.25, 0.3) is 10.9 Å². The van der Waals surface area contributed by atoms with E-state index in [-0.39, 0.29) is 11.9 Å². The second-order valence-corrected chi connectivity index (χ2v) is 6.76. The van der Waals surface area contributed by atoms with Crippen molar-refractivity contribution in [3.8, 4) is 0 Å². The molecule has 6 heteroatoms. The second-order valence-electron chi connectivity index (χ2n) is 6.76. The van der Waals surface area contributed by atoms with Crippen molar-refractivity contribution in [1.29, 1.82) is 0 Å². The quantitative estimate of drug-likeness (QED) is 0.499. The number of fused-ring (bicyclic) bond motifs is 1. The molecule has 1 aliphatic heterocycles. The van der Waals surface area contributed by atoms with E-state index in [2.05, 4.69) is 46.4 Å². The number of benzene rings is 1. The number of guanidine groups is 1. The molecule has 1 saturated heterocycles. The van der Waals surface area contributed by atoms with Crippen LogP contribution in [0, 0.1) is 5.92 Å². The predicted octanol–water partition coefficient (Wildman–Crippen LogP) is 2.63. The Morgan fingerprint density at radius 1 is 1.30 bits per heavy atom. The first-order valence-electron chi connectivity index (χ1n) is 9.66. The molecule has 1 aromatic heterocycles. The van der Waals surface area contributed by atoms with Crippen LogP contribution < -0.4 is 5.32 Å². The highest BCUT2D eigenvalue weighted by molar-refractivity contribution is 5.82. The SMILES string of the molecule is CCNC(=NCCc1cccc2cccnc12)N1CCC(C(=O)OC)CC1. The number of methoxy groups -OCH3 is 1. The van der Waals surface area contributed by atoms with Crippen LogP contribution in [0.2, 0.25) is 0 Å². The van der Waals surface area contributed by atoms with Crippen molar-refractivity contribution in [2.45, 2.75) is 26.2 Å². The maximum atomic E-state index is 11.7. The van der Waals surface area contributed by atoms with Gasteiger partial charge in [0.1, 0.15) is 0 Å². The molecule has 0 spiro atoms. The van der Waals surface area contributed by atoms with Gasteiger partial charge in [0.15, 0.2) is 5.96 Å². The molecule has 1 aliphatic rings. The number of aliphatic imine (C=N–C) groups is 1. The lowest BCUT2D eigenvalue weighted by molar-refractivity contribution is -0.146. The Hall–Kier alpha value is -2.63. The Kier molecular flexibility index (Phi) is 6.63. The van der Waals surface area contributed by atoms with Crippen LogP contribution in [0.1, 0.15) is 25.3 Å². The second kappa shape index (κ2) is 9.35. The predicted molar refractivity (Wildman–Crippen MR) is 108 cm³/mol. The molecule has 144 valence electrons. The molecule has 1 aromatic carbocycles. The third-order valence-corrected chi connectivity index (χ3v) is 5.02. The van der Waals surface area contributed by atoms with Gasteiger partial charge in [0.05, 0.1) is 18.5 Å². The van der Waals surface area contributed by atoms with Crippen molar-refractivity contribution >= 4 is 22.8 Å². The number of aromatic nitrogens is 1. The van der Waals surface area contributed by atoms with E-state index < -0.39 is 0 Å². The molecule has 3 rings (SSSR count). The summed E-state index contributed by atoms with van der Waals surface area (Å²) in [6.45, 7) is 5.24. The maximum Gasteiger partial charge on any atom is 0.308 e. The van der Waals surface area contributed by atoms with E-state index in [0.29, 0.717) is 6.54 Å². The van der Waals surface area contributed by atoms with Crippen LogP contribution in [-0.2, 0) is 16.0 Å². The van der Waals surface area contributed by atoms with E-state index >= 15 is 0 Å². The number of hydrogen-bond acceptors (Lipinski definition) is 4. The number of likely N-dealkylation sites (tertiary alicyclic amines) is 1. The van der Waals surface area contributed by atoms with E-state index in [1.165, 1.54) is 12.7 Å². The van der Waals surface area contributed by atoms with Gasteiger partial charge in [-0.05, 0) is 37.8 Å². The highest BCUT2D eigenvalue weighted by Crippen LogP contribution is 2.19. The molecule has 0 unspecified atom stereocenters. The number of hydrogen-bond donors (Lipinski definition) is 1. The Bertz CT molecular complexity index is 792. The first kappa shape index (κ1) is 19.1. The molecule has 0 aliphatic carbocycles. The van der Waals surface area contributed by atoms with Crippen molar-refractivity contribution in [2.75, 3.05) is 33.3 Å². The minimum atomic E-state index is -0.0972. The molecule has 2 aromatic rings. The number of rotatable bonds is 5. The molecule has 2 heterocycles. The van der Waals surface area contributed by atoms with Gasteiger partial charge in [0.2, 0.25) is 0 Å². The highest BCUT2D eigenvalue weighted by Gasteiger charge is 2.26. The minimum Gasteiger partial charge on any atom is -0.469 e. The van der Waals surface area contributed by atoms with Gasteiger partial charge in [-0.2, -0.15) is 0 Å². The van der Waals surface area contributed by atoms with Gasteiger partial charge in [0, 0.05) is 37.8 Å². The Morgan fingerprint density at radius 3 is 2.81 bits per heavy atom. The zero-order chi connectivity index (χ0) is 19.1. The van der Waals surface area contributed by atoms with Crippen LogP contribution >= 0.6 is 0 Å². The largest absolute Gasteiger partial charge is 0.469 e. The fraction of sp³-hybridized carbons (Fsp3) is 0.476. The summed E-state index contributed by atoms with van der Waals surface area (Å²) < 4.78 is 4.87. The van der Waals surface area contributed by atoms with Crippen LogP contribution in [0.4, 0.5) is 0 Å². The monoisotopic (exact) mass is 368 g/mol. The van der Waals surface area contributed by atoms with Crippen molar-refractivity contribution in [2.24, 2.45) is 10.9 Å². The van der Waals surface area contributed by atoms with Crippen molar-refractivity contribution < 1.29 is 9.53 Å². The highest BCUT2D eigenvalue weighted by atomic mass is 16.5. The summed E-state index contributed by atoms with van der Waals surface area (Å²) in [5.41, 5.74) is 2.27. The van der Waals surface area contributed by atoms with Gasteiger partial charge in [-0.25, -0.2) is 0 Å². The minimum absolute atomic E-state index is 0.0101. The molecule has 0 saturated carbocycles. The number of carbonyl (C=O) groups is 1. The molecule has 0 bridgehead atoms. The first-order chi connectivity index (χ1) is 13.2. The van der Waals surface area contributed by atoms with E-state index in [0.717, 1.165) is 55.8 Å². The Labute approximate surface area is 160 Å². The third kappa shape index (κ3) is 4.76. The lowest BCUT2D eigenvalue weighted by Gasteiger charge is -2.33. The van der Waals surface area contributed by atoms with Gasteiger partial charge in [-0.15, -0.1) is 0 Å². The molecule has 0 amide bonds. The summed E-state index contributed by atoms with van der Waals surface area (Å²) in [5, 5.41) is 4.54. The van der Waals surface area contributed by atoms with Gasteiger partial charge >= 0.3 is 5.97 Å². The molecule has 0 radical (unpaired) electrons. The lowest BCUT2D eigenvalue weighted by atomic mass is 9.97. The zero-order valence-electron chi connectivity index (χ0n) is 16.1. The summed E-state index contributed by atoms with van der Waals surface area (Å²) in [4.78, 5) is 23.3. The van der Waals surface area contributed by atoms with Crippen molar-refractivity contribution in [1.82, 2.24) is 15.2 Å². The van der Waals surface area contributed by atoms with E-state index in [4.69, 9.17) is 9.73 Å². The number of nitrogens with one attached hydrogen (secondary N) is 1. The smallest absolute Gasteiger partial charge is 0.308 e. The van der Waals surface area contributed by atoms with Crippen molar-refractivity contribution in [3.63, 3.8) is 0 Å². The molecular weight excluding hydrogens is 340 g/mol. The fourth-order valence-electron chi connectivity index (χ4n) is 3.57. The standard InChI is InChI=1S/C21H28N4O2/c1-3-22-21(25-14-10-18(11-15-25)20(26)27-2)24-13-9-17-7-4-6-16-8-5-12-23-19(16)17/h4-8,12,18H,3,9-11,13-15H2,1-2H3,(H,22,24). The van der Waals surface area contributed by atoms with Gasteiger partial charge in [-0.1, -0.05) is 24.3 Å². The lowest BCUT2D eigenvalue weighted by Crippen LogP contribution is -2.46. The maximum absolute atomic E-state index is 11.7. The summed E-state index contributed by atoms with van der Waals surface area (Å²) in [6.07, 6.45) is 4.31. The van der Waals surface area contributed by atoms with Crippen LogP contribution in [-0.4, -0.2) is 55.1 Å². The third-order valence-electron chi connectivity index (χ3n) is 5.02. The number of para-hydroxylation sites is 1. The van der Waals surface area contributed by atoms with Gasteiger partial charge < -0.3 is 15.0 Å². The number of ether oxygens (including phenoxy) is 1. The molecule has 1 N–H and O–H groups in total. The number of esters is 1. The number of piperidine rings is 1. The van der Waals surface area contributed by atoms with Crippen LogP contribution in [0.5, 0.6) is 0 Å². The van der Waals surface area contributed by atoms with Crippen LogP contribution in [0.15, 0.2) is 41.5 Å². The average molecular weight is 368 g/mol. The topological polar surface area (TPSA) is 66.8 Å². The summed E-state index contributed by atoms with van der Waals surface area (Å²) >= 11 is 0. The Morgan fingerprint density at radius 2 is 2.07 bits per heavy atom. The summed E-state index contributed by atoms with van der Waals surface area (Å²) in [7, 11) is 1.46. The summed E-state index contributed by atoms with van der Waals surface area (Å²) in [6, 6.07) is 10.3. The number of nitrogens with zero attached hydrogens (tertiary/aromatic N) is 3. The number of carbonyl (C=O) groups excluding carboxylic acids is 1. The van der Waals surface area contributed by atoms with Gasteiger partial charge in [-0.3, -0.25) is 14.8 Å². The number of pyridine rings is 1.